The number of ether oxygens (including phenoxy) is 1. The van der Waals surface area contributed by atoms with Crippen LogP contribution in [0.3, 0.4) is 0 Å². The molecule has 1 aliphatic rings. The van der Waals surface area contributed by atoms with Crippen molar-refractivity contribution in [2.45, 2.75) is 31.1 Å². The SMILES string of the molecule is CCCCSc1nnc2c(n1)OC(c1c(Cl)cccc1Cl)Nc1ccccc1-2. The minimum absolute atomic E-state index is 0.410. The summed E-state index contributed by atoms with van der Waals surface area (Å²) in [5.74, 6) is 1.35. The van der Waals surface area contributed by atoms with E-state index in [0.29, 0.717) is 32.3 Å². The molecule has 144 valence electrons. The highest BCUT2D eigenvalue weighted by Crippen LogP contribution is 2.42. The Bertz CT molecular complexity index is 981. The van der Waals surface area contributed by atoms with Gasteiger partial charge in [-0.1, -0.05) is 72.6 Å². The molecule has 28 heavy (non-hydrogen) atoms. The van der Waals surface area contributed by atoms with E-state index in [1.807, 2.05) is 24.3 Å². The van der Waals surface area contributed by atoms with E-state index in [-0.39, 0.29) is 0 Å². The summed E-state index contributed by atoms with van der Waals surface area (Å²) in [7, 11) is 0. The van der Waals surface area contributed by atoms with Crippen LogP contribution in [0, 0.1) is 0 Å². The molecule has 1 aliphatic heterocycles. The van der Waals surface area contributed by atoms with Gasteiger partial charge in [0.2, 0.25) is 17.3 Å². The number of nitrogens with zero attached hydrogens (tertiary/aromatic N) is 3. The van der Waals surface area contributed by atoms with Crippen molar-refractivity contribution in [2.75, 3.05) is 11.1 Å². The molecule has 8 heteroatoms. The number of aromatic nitrogens is 3. The van der Waals surface area contributed by atoms with Crippen molar-refractivity contribution in [1.29, 1.82) is 0 Å². The van der Waals surface area contributed by atoms with Crippen LogP contribution in [0.2, 0.25) is 10.0 Å². The van der Waals surface area contributed by atoms with Crippen molar-refractivity contribution < 1.29 is 4.74 Å². The molecule has 2 heterocycles. The van der Waals surface area contributed by atoms with Crippen molar-refractivity contribution in [1.82, 2.24) is 15.2 Å². The van der Waals surface area contributed by atoms with Crippen LogP contribution in [-0.4, -0.2) is 20.9 Å². The summed E-state index contributed by atoms with van der Waals surface area (Å²) in [6.45, 7) is 2.15. The highest BCUT2D eigenvalue weighted by molar-refractivity contribution is 7.99. The van der Waals surface area contributed by atoms with E-state index >= 15 is 0 Å². The number of fused-ring (bicyclic) bond motifs is 3. The van der Waals surface area contributed by atoms with Gasteiger partial charge in [-0.25, -0.2) is 0 Å². The number of hydrogen-bond donors (Lipinski definition) is 1. The smallest absolute Gasteiger partial charge is 0.247 e. The largest absolute Gasteiger partial charge is 0.448 e. The maximum atomic E-state index is 6.43. The second-order valence-electron chi connectivity index (χ2n) is 6.27. The van der Waals surface area contributed by atoms with Gasteiger partial charge < -0.3 is 10.1 Å². The Morgan fingerprint density at radius 1 is 1.07 bits per heavy atom. The molecule has 0 saturated heterocycles. The third-order valence-electron chi connectivity index (χ3n) is 4.32. The Kier molecular flexibility index (Phi) is 5.90. The number of unbranched alkanes of at least 4 members (excludes halogenated alkanes) is 1. The minimum Gasteiger partial charge on any atom is -0.448 e. The van der Waals surface area contributed by atoms with Crippen molar-refractivity contribution in [3.8, 4) is 17.1 Å². The molecular formula is C20H18Cl2N4OS. The van der Waals surface area contributed by atoms with Gasteiger partial charge in [0.15, 0.2) is 5.69 Å². The van der Waals surface area contributed by atoms with Gasteiger partial charge in [-0.15, -0.1) is 10.2 Å². The molecule has 0 bridgehead atoms. The van der Waals surface area contributed by atoms with Crippen molar-refractivity contribution >= 4 is 40.7 Å². The molecule has 1 unspecified atom stereocenters. The quantitative estimate of drug-likeness (QED) is 0.380. The topological polar surface area (TPSA) is 59.9 Å². The van der Waals surface area contributed by atoms with Crippen LogP contribution in [0.5, 0.6) is 5.88 Å². The fourth-order valence-electron chi connectivity index (χ4n) is 2.91. The fraction of sp³-hybridized carbons (Fsp3) is 0.250. The second-order valence-corrected chi connectivity index (χ2v) is 8.15. The van der Waals surface area contributed by atoms with Gasteiger partial charge in [0.05, 0.1) is 15.6 Å². The molecule has 0 spiro atoms. The van der Waals surface area contributed by atoms with E-state index in [1.165, 1.54) is 0 Å². The van der Waals surface area contributed by atoms with Crippen LogP contribution >= 0.6 is 35.0 Å². The van der Waals surface area contributed by atoms with E-state index in [2.05, 4.69) is 27.4 Å². The number of rotatable bonds is 5. The third kappa shape index (κ3) is 3.90. The lowest BCUT2D eigenvalue weighted by molar-refractivity contribution is 0.225. The normalized spacial score (nSPS) is 15.0. The standard InChI is InChI=1S/C20H18Cl2N4OS/c1-2-3-11-28-20-24-19-17(25-26-20)12-7-4-5-10-15(12)23-18(27-19)16-13(21)8-6-9-14(16)22/h4-10,18,23H,2-3,11H2,1H3. The molecule has 0 aliphatic carbocycles. The molecule has 2 aromatic carbocycles. The first-order valence-corrected chi connectivity index (χ1v) is 10.8. The molecule has 0 fully saturated rings. The highest BCUT2D eigenvalue weighted by atomic mass is 35.5. The zero-order valence-electron chi connectivity index (χ0n) is 15.2. The average molecular weight is 433 g/mol. The number of benzene rings is 2. The molecule has 0 amide bonds. The number of nitrogens with one attached hydrogen (secondary N) is 1. The number of thioether (sulfide) groups is 1. The Labute approximate surface area is 177 Å². The summed E-state index contributed by atoms with van der Waals surface area (Å²) >= 11 is 14.4. The average Bonchev–Trinajstić information content (AvgIpc) is 2.84. The van der Waals surface area contributed by atoms with Gasteiger partial charge in [0.1, 0.15) is 0 Å². The molecule has 1 N–H and O–H groups in total. The molecule has 5 nitrogen and oxygen atoms in total. The summed E-state index contributed by atoms with van der Waals surface area (Å²) in [5, 5.41) is 13.7. The Balaban J connectivity index is 1.78. The molecule has 4 rings (SSSR count). The van der Waals surface area contributed by atoms with Crippen molar-refractivity contribution in [3.63, 3.8) is 0 Å². The maximum absolute atomic E-state index is 6.43. The zero-order chi connectivity index (χ0) is 19.5. The van der Waals surface area contributed by atoms with E-state index in [9.17, 15) is 0 Å². The Hall–Kier alpha value is -2.02. The lowest BCUT2D eigenvalue weighted by atomic mass is 10.1. The van der Waals surface area contributed by atoms with Gasteiger partial charge in [0.25, 0.3) is 0 Å². The van der Waals surface area contributed by atoms with Gasteiger partial charge in [-0.3, -0.25) is 0 Å². The van der Waals surface area contributed by atoms with Crippen LogP contribution in [0.4, 0.5) is 5.69 Å². The van der Waals surface area contributed by atoms with E-state index < -0.39 is 6.23 Å². The summed E-state index contributed by atoms with van der Waals surface area (Å²) in [6, 6.07) is 13.2. The van der Waals surface area contributed by atoms with Crippen LogP contribution in [0.1, 0.15) is 31.6 Å². The summed E-state index contributed by atoms with van der Waals surface area (Å²) in [5.41, 5.74) is 2.97. The first-order valence-electron chi connectivity index (χ1n) is 9.01. The monoisotopic (exact) mass is 432 g/mol. The molecule has 1 aromatic heterocycles. The first-order chi connectivity index (χ1) is 13.7. The number of para-hydroxylation sites is 1. The zero-order valence-corrected chi connectivity index (χ0v) is 17.5. The van der Waals surface area contributed by atoms with E-state index in [0.717, 1.165) is 29.8 Å². The Morgan fingerprint density at radius 2 is 1.86 bits per heavy atom. The minimum atomic E-state index is -0.603. The summed E-state index contributed by atoms with van der Waals surface area (Å²) in [6.07, 6.45) is 1.61. The van der Waals surface area contributed by atoms with Crippen molar-refractivity contribution in [2.24, 2.45) is 0 Å². The second kappa shape index (κ2) is 8.55. The number of hydrogen-bond acceptors (Lipinski definition) is 6. The van der Waals surface area contributed by atoms with Crippen molar-refractivity contribution in [3.05, 3.63) is 58.1 Å². The lowest BCUT2D eigenvalue weighted by Gasteiger charge is -2.21. The molecule has 0 radical (unpaired) electrons. The predicted molar refractivity (Wildman–Crippen MR) is 114 cm³/mol. The van der Waals surface area contributed by atoms with E-state index in [4.69, 9.17) is 27.9 Å². The molecule has 0 saturated carbocycles. The summed E-state index contributed by atoms with van der Waals surface area (Å²) in [4.78, 5) is 4.62. The summed E-state index contributed by atoms with van der Waals surface area (Å²) < 4.78 is 6.23. The lowest BCUT2D eigenvalue weighted by Crippen LogP contribution is -2.18. The fourth-order valence-corrected chi connectivity index (χ4v) is 4.37. The molecule has 3 aromatic rings. The number of anilines is 1. The predicted octanol–water partition coefficient (Wildman–Crippen LogP) is 6.24. The van der Waals surface area contributed by atoms with Gasteiger partial charge in [-0.05, 0) is 24.6 Å². The highest BCUT2D eigenvalue weighted by Gasteiger charge is 2.28. The maximum Gasteiger partial charge on any atom is 0.247 e. The Morgan fingerprint density at radius 3 is 2.64 bits per heavy atom. The number of halogens is 2. The van der Waals surface area contributed by atoms with Crippen LogP contribution < -0.4 is 10.1 Å². The van der Waals surface area contributed by atoms with Crippen LogP contribution in [0.15, 0.2) is 47.6 Å². The first kappa shape index (κ1) is 19.3. The van der Waals surface area contributed by atoms with Gasteiger partial charge in [0, 0.05) is 17.0 Å². The van der Waals surface area contributed by atoms with Crippen LogP contribution in [-0.2, 0) is 0 Å². The van der Waals surface area contributed by atoms with Gasteiger partial charge in [-0.2, -0.15) is 4.98 Å². The van der Waals surface area contributed by atoms with Crippen LogP contribution in [0.25, 0.3) is 11.3 Å². The third-order valence-corrected chi connectivity index (χ3v) is 5.91. The molecular weight excluding hydrogens is 415 g/mol. The van der Waals surface area contributed by atoms with E-state index in [1.54, 1.807) is 30.0 Å². The van der Waals surface area contributed by atoms with Gasteiger partial charge >= 0.3 is 0 Å². The molecule has 1 atom stereocenters.